The quantitative estimate of drug-likeness (QED) is 0.519. The summed E-state index contributed by atoms with van der Waals surface area (Å²) in [6.07, 6.45) is 3.02. The van der Waals surface area contributed by atoms with Crippen molar-refractivity contribution in [2.24, 2.45) is 5.16 Å². The van der Waals surface area contributed by atoms with Gasteiger partial charge in [-0.1, -0.05) is 29.4 Å². The number of hydrogen-bond acceptors (Lipinski definition) is 3. The van der Waals surface area contributed by atoms with Crippen molar-refractivity contribution in [1.29, 1.82) is 0 Å². The number of carbonyl (C=O) groups is 1. The number of hydrogen-bond donors (Lipinski definition) is 0. The van der Waals surface area contributed by atoms with Crippen molar-refractivity contribution in [2.75, 3.05) is 0 Å². The lowest BCUT2D eigenvalue weighted by molar-refractivity contribution is -0.140. The van der Waals surface area contributed by atoms with Crippen LogP contribution in [0.1, 0.15) is 30.9 Å². The molecule has 0 saturated heterocycles. The molecule has 0 atom stereocenters. The van der Waals surface area contributed by atoms with Crippen LogP contribution in [-0.2, 0) is 16.1 Å². The van der Waals surface area contributed by atoms with E-state index in [-0.39, 0.29) is 5.97 Å². The molecule has 0 aromatic heterocycles. The summed E-state index contributed by atoms with van der Waals surface area (Å²) in [5, 5.41) is 3.89. The van der Waals surface area contributed by atoms with Crippen LogP contribution in [0.15, 0.2) is 29.4 Å². The predicted molar refractivity (Wildman–Crippen MR) is 57.7 cm³/mol. The van der Waals surface area contributed by atoms with Crippen molar-refractivity contribution in [3.63, 3.8) is 0 Å². The molecular formula is C12H13NO2. The Morgan fingerprint density at radius 2 is 2.13 bits per heavy atom. The minimum Gasteiger partial charge on any atom is -0.318 e. The Labute approximate surface area is 88.7 Å². The van der Waals surface area contributed by atoms with Crippen LogP contribution in [0, 0.1) is 0 Å². The molecular weight excluding hydrogens is 190 g/mol. The van der Waals surface area contributed by atoms with Crippen LogP contribution in [0.25, 0.3) is 0 Å². The summed E-state index contributed by atoms with van der Waals surface area (Å²) < 4.78 is 0. The van der Waals surface area contributed by atoms with Gasteiger partial charge in [0.05, 0.1) is 5.71 Å². The van der Waals surface area contributed by atoms with Gasteiger partial charge in [0.25, 0.3) is 0 Å². The Bertz CT molecular complexity index is 410. The van der Waals surface area contributed by atoms with Crippen LogP contribution < -0.4 is 0 Å². The molecule has 0 N–H and O–H groups in total. The minimum absolute atomic E-state index is 0.370. The molecule has 0 fully saturated rings. The second kappa shape index (κ2) is 4.26. The Morgan fingerprint density at radius 3 is 2.93 bits per heavy atom. The highest BCUT2D eigenvalue weighted by molar-refractivity contribution is 6.02. The van der Waals surface area contributed by atoms with E-state index in [0.717, 1.165) is 30.5 Å². The molecule has 0 amide bonds. The van der Waals surface area contributed by atoms with Crippen LogP contribution >= 0.6 is 0 Å². The van der Waals surface area contributed by atoms with Crippen LogP contribution in [-0.4, -0.2) is 11.7 Å². The Hall–Kier alpha value is -1.64. The van der Waals surface area contributed by atoms with E-state index in [0.29, 0.717) is 0 Å². The van der Waals surface area contributed by atoms with E-state index in [1.54, 1.807) is 0 Å². The van der Waals surface area contributed by atoms with E-state index >= 15 is 0 Å². The van der Waals surface area contributed by atoms with E-state index in [4.69, 9.17) is 0 Å². The summed E-state index contributed by atoms with van der Waals surface area (Å²) in [7, 11) is 0. The summed E-state index contributed by atoms with van der Waals surface area (Å²) in [5.74, 6) is -0.370. The molecule has 1 aliphatic rings. The zero-order chi connectivity index (χ0) is 10.7. The van der Waals surface area contributed by atoms with Gasteiger partial charge in [-0.25, -0.2) is 4.79 Å². The lowest BCUT2D eigenvalue weighted by Gasteiger charge is -2.16. The fraction of sp³-hybridized carbons (Fsp3) is 0.333. The molecule has 1 aliphatic carbocycles. The van der Waals surface area contributed by atoms with Crippen LogP contribution in [0.3, 0.4) is 0 Å². The van der Waals surface area contributed by atoms with Gasteiger partial charge in [-0.2, -0.15) is 0 Å². The summed E-state index contributed by atoms with van der Waals surface area (Å²) in [4.78, 5) is 15.4. The van der Waals surface area contributed by atoms with Gasteiger partial charge in [0.1, 0.15) is 0 Å². The van der Waals surface area contributed by atoms with Crippen molar-refractivity contribution in [2.45, 2.75) is 26.2 Å². The first-order valence-corrected chi connectivity index (χ1v) is 5.10. The Morgan fingerprint density at radius 1 is 1.33 bits per heavy atom. The van der Waals surface area contributed by atoms with Crippen molar-refractivity contribution < 1.29 is 9.63 Å². The second-order valence-electron chi connectivity index (χ2n) is 3.63. The smallest absolute Gasteiger partial charge is 0.318 e. The number of rotatable bonds is 1. The van der Waals surface area contributed by atoms with Crippen molar-refractivity contribution in [3.8, 4) is 0 Å². The summed E-state index contributed by atoms with van der Waals surface area (Å²) in [6.45, 7) is 1.36. The monoisotopic (exact) mass is 203 g/mol. The third-order valence-electron chi connectivity index (χ3n) is 2.47. The maximum atomic E-state index is 10.7. The lowest BCUT2D eigenvalue weighted by Crippen LogP contribution is -2.12. The van der Waals surface area contributed by atoms with Crippen LogP contribution in [0.5, 0.6) is 0 Å². The molecule has 3 nitrogen and oxygen atoms in total. The van der Waals surface area contributed by atoms with E-state index in [9.17, 15) is 4.79 Å². The average Bonchev–Trinajstić information content (AvgIpc) is 2.26. The molecule has 15 heavy (non-hydrogen) atoms. The number of aryl methyl sites for hydroxylation is 1. The maximum absolute atomic E-state index is 10.7. The van der Waals surface area contributed by atoms with E-state index < -0.39 is 0 Å². The first-order valence-electron chi connectivity index (χ1n) is 5.10. The maximum Gasteiger partial charge on any atom is 0.331 e. The molecule has 0 spiro atoms. The van der Waals surface area contributed by atoms with Crippen molar-refractivity contribution >= 4 is 11.7 Å². The second-order valence-corrected chi connectivity index (χ2v) is 3.63. The molecule has 0 bridgehead atoms. The normalized spacial score (nSPS) is 17.3. The summed E-state index contributed by atoms with van der Waals surface area (Å²) in [6, 6.07) is 8.12. The third-order valence-corrected chi connectivity index (χ3v) is 2.47. The van der Waals surface area contributed by atoms with Crippen LogP contribution in [0.4, 0.5) is 0 Å². The van der Waals surface area contributed by atoms with Gasteiger partial charge < -0.3 is 4.84 Å². The molecule has 78 valence electrons. The predicted octanol–water partition coefficient (Wildman–Crippen LogP) is 2.29. The number of carbonyl (C=O) groups excluding carboxylic acids is 1. The standard InChI is InChI=1S/C12H13NO2/c1-9(14)15-13-12-8-4-6-10-5-2-3-7-11(10)12/h2-3,5,7H,4,6,8H2,1H3. The van der Waals surface area contributed by atoms with Gasteiger partial charge in [0.2, 0.25) is 0 Å². The van der Waals surface area contributed by atoms with Gasteiger partial charge in [-0.3, -0.25) is 0 Å². The zero-order valence-corrected chi connectivity index (χ0v) is 8.69. The first kappa shape index (κ1) is 9.90. The SMILES string of the molecule is CC(=O)ON=C1CCCc2ccccc21. The highest BCUT2D eigenvalue weighted by atomic mass is 16.7. The molecule has 3 heteroatoms. The van der Waals surface area contributed by atoms with Crippen LogP contribution in [0.2, 0.25) is 0 Å². The first-order chi connectivity index (χ1) is 7.27. The number of fused-ring (bicyclic) bond motifs is 1. The lowest BCUT2D eigenvalue weighted by atomic mass is 9.90. The van der Waals surface area contributed by atoms with E-state index in [1.165, 1.54) is 12.5 Å². The molecule has 2 rings (SSSR count). The van der Waals surface area contributed by atoms with Gasteiger partial charge in [0, 0.05) is 12.5 Å². The summed E-state index contributed by atoms with van der Waals surface area (Å²) in [5.41, 5.74) is 3.28. The van der Waals surface area contributed by atoms with Crippen molar-refractivity contribution in [3.05, 3.63) is 35.4 Å². The molecule has 1 aromatic carbocycles. The fourth-order valence-corrected chi connectivity index (χ4v) is 1.81. The Balaban J connectivity index is 2.29. The number of nitrogens with zero attached hydrogens (tertiary/aromatic N) is 1. The van der Waals surface area contributed by atoms with Gasteiger partial charge >= 0.3 is 5.97 Å². The Kier molecular flexibility index (Phi) is 2.81. The van der Waals surface area contributed by atoms with E-state index in [1.807, 2.05) is 18.2 Å². The van der Waals surface area contributed by atoms with Gasteiger partial charge in [-0.05, 0) is 24.8 Å². The topological polar surface area (TPSA) is 38.7 Å². The molecule has 0 aliphatic heterocycles. The third kappa shape index (κ3) is 2.24. The van der Waals surface area contributed by atoms with Gasteiger partial charge in [-0.15, -0.1) is 0 Å². The molecule has 0 saturated carbocycles. The highest BCUT2D eigenvalue weighted by Crippen LogP contribution is 2.21. The van der Waals surface area contributed by atoms with Gasteiger partial charge in [0.15, 0.2) is 0 Å². The highest BCUT2D eigenvalue weighted by Gasteiger charge is 2.15. The molecule has 0 radical (unpaired) electrons. The number of benzene rings is 1. The minimum atomic E-state index is -0.370. The average molecular weight is 203 g/mol. The molecule has 1 aromatic rings. The summed E-state index contributed by atoms with van der Waals surface area (Å²) >= 11 is 0. The molecule has 0 heterocycles. The zero-order valence-electron chi connectivity index (χ0n) is 8.69. The molecule has 0 unspecified atom stereocenters. The van der Waals surface area contributed by atoms with Crippen molar-refractivity contribution in [1.82, 2.24) is 0 Å². The largest absolute Gasteiger partial charge is 0.331 e. The van der Waals surface area contributed by atoms with E-state index in [2.05, 4.69) is 16.1 Å². The fourth-order valence-electron chi connectivity index (χ4n) is 1.81. The number of oxime groups is 1.